The standard InChI is InChI=1S/C6H12F3N/c1-2-3-6(9,4-10)5(7)8/h5H,2-4,10H2,1H3. The van der Waals surface area contributed by atoms with E-state index in [0.717, 1.165) is 0 Å². The monoisotopic (exact) mass is 155 g/mol. The number of hydrogen-bond donors (Lipinski definition) is 1. The second kappa shape index (κ2) is 3.81. The maximum atomic E-state index is 12.8. The minimum atomic E-state index is -2.96. The molecule has 0 rings (SSSR count). The minimum absolute atomic E-state index is 0.166. The average Bonchev–Trinajstić information content (AvgIpc) is 1.88. The Bertz CT molecular complexity index is 97.0. The lowest BCUT2D eigenvalue weighted by atomic mass is 10.0. The van der Waals surface area contributed by atoms with E-state index in [1.165, 1.54) is 0 Å². The van der Waals surface area contributed by atoms with Gasteiger partial charge in [0.15, 0.2) is 5.67 Å². The van der Waals surface area contributed by atoms with Crippen molar-refractivity contribution >= 4 is 0 Å². The third-order valence-electron chi connectivity index (χ3n) is 1.40. The molecule has 2 N–H and O–H groups in total. The Labute approximate surface area is 58.4 Å². The Morgan fingerprint density at radius 2 is 2.00 bits per heavy atom. The molecule has 0 saturated heterocycles. The van der Waals surface area contributed by atoms with E-state index in [1.54, 1.807) is 6.92 Å². The van der Waals surface area contributed by atoms with Gasteiger partial charge >= 0.3 is 0 Å². The Balaban J connectivity index is 3.94. The van der Waals surface area contributed by atoms with Crippen molar-refractivity contribution in [2.24, 2.45) is 5.73 Å². The summed E-state index contributed by atoms with van der Waals surface area (Å²) in [7, 11) is 0. The quantitative estimate of drug-likeness (QED) is 0.657. The molecule has 62 valence electrons. The van der Waals surface area contributed by atoms with Crippen molar-refractivity contribution < 1.29 is 13.2 Å². The van der Waals surface area contributed by atoms with E-state index in [-0.39, 0.29) is 6.42 Å². The smallest absolute Gasteiger partial charge is 0.273 e. The highest BCUT2D eigenvalue weighted by molar-refractivity contribution is 4.82. The summed E-state index contributed by atoms with van der Waals surface area (Å²) in [5.41, 5.74) is 2.38. The molecule has 1 atom stereocenters. The molecule has 0 bridgehead atoms. The zero-order chi connectivity index (χ0) is 8.20. The van der Waals surface area contributed by atoms with E-state index in [2.05, 4.69) is 0 Å². The van der Waals surface area contributed by atoms with Crippen LogP contribution < -0.4 is 5.73 Å². The maximum Gasteiger partial charge on any atom is 0.273 e. The highest BCUT2D eigenvalue weighted by Gasteiger charge is 2.37. The van der Waals surface area contributed by atoms with E-state index < -0.39 is 18.6 Å². The van der Waals surface area contributed by atoms with Crippen LogP contribution in [0.25, 0.3) is 0 Å². The first kappa shape index (κ1) is 9.75. The van der Waals surface area contributed by atoms with Crippen LogP contribution in [-0.4, -0.2) is 18.6 Å². The molecular weight excluding hydrogens is 143 g/mol. The molecular formula is C6H12F3N. The molecule has 0 amide bonds. The van der Waals surface area contributed by atoms with Crippen LogP contribution in [0, 0.1) is 0 Å². The predicted molar refractivity (Wildman–Crippen MR) is 33.8 cm³/mol. The second-order valence-electron chi connectivity index (χ2n) is 2.29. The van der Waals surface area contributed by atoms with Gasteiger partial charge in [0.25, 0.3) is 6.43 Å². The van der Waals surface area contributed by atoms with Gasteiger partial charge in [0.1, 0.15) is 0 Å². The molecule has 0 aromatic carbocycles. The SMILES string of the molecule is CCCC(F)(CN)C(F)F. The first-order chi connectivity index (χ1) is 4.56. The largest absolute Gasteiger partial charge is 0.327 e. The minimum Gasteiger partial charge on any atom is -0.327 e. The van der Waals surface area contributed by atoms with Crippen molar-refractivity contribution in [2.45, 2.75) is 31.9 Å². The van der Waals surface area contributed by atoms with E-state index in [9.17, 15) is 13.2 Å². The second-order valence-corrected chi connectivity index (χ2v) is 2.29. The number of halogens is 3. The van der Waals surface area contributed by atoms with Crippen molar-refractivity contribution in [1.82, 2.24) is 0 Å². The molecule has 0 fully saturated rings. The van der Waals surface area contributed by atoms with Crippen LogP contribution in [-0.2, 0) is 0 Å². The van der Waals surface area contributed by atoms with Gasteiger partial charge < -0.3 is 5.73 Å². The van der Waals surface area contributed by atoms with Crippen LogP contribution in [0.2, 0.25) is 0 Å². The van der Waals surface area contributed by atoms with Crippen molar-refractivity contribution in [3.05, 3.63) is 0 Å². The molecule has 0 aromatic rings. The fourth-order valence-electron chi connectivity index (χ4n) is 0.716. The lowest BCUT2D eigenvalue weighted by molar-refractivity contribution is -0.0342. The van der Waals surface area contributed by atoms with Gasteiger partial charge in [-0.25, -0.2) is 13.2 Å². The number of rotatable bonds is 4. The summed E-state index contributed by atoms with van der Waals surface area (Å²) in [6.07, 6.45) is -2.74. The summed E-state index contributed by atoms with van der Waals surface area (Å²) >= 11 is 0. The zero-order valence-corrected chi connectivity index (χ0v) is 5.91. The lowest BCUT2D eigenvalue weighted by Crippen LogP contribution is -2.40. The van der Waals surface area contributed by atoms with Gasteiger partial charge in [0.05, 0.1) is 0 Å². The average molecular weight is 155 g/mol. The van der Waals surface area contributed by atoms with E-state index in [4.69, 9.17) is 5.73 Å². The molecule has 0 aromatic heterocycles. The van der Waals surface area contributed by atoms with E-state index >= 15 is 0 Å². The molecule has 0 saturated carbocycles. The molecule has 0 aliphatic rings. The highest BCUT2D eigenvalue weighted by atomic mass is 19.3. The molecule has 4 heteroatoms. The third-order valence-corrected chi connectivity index (χ3v) is 1.40. The number of hydrogen-bond acceptors (Lipinski definition) is 1. The fourth-order valence-corrected chi connectivity index (χ4v) is 0.716. The molecule has 0 aliphatic heterocycles. The van der Waals surface area contributed by atoms with Crippen molar-refractivity contribution in [3.8, 4) is 0 Å². The summed E-state index contributed by atoms with van der Waals surface area (Å²) in [6, 6.07) is 0. The Kier molecular flexibility index (Phi) is 3.71. The van der Waals surface area contributed by atoms with Gasteiger partial charge in [-0.15, -0.1) is 0 Å². The van der Waals surface area contributed by atoms with E-state index in [0.29, 0.717) is 6.42 Å². The number of nitrogens with two attached hydrogens (primary N) is 1. The molecule has 0 radical (unpaired) electrons. The van der Waals surface area contributed by atoms with Crippen LogP contribution >= 0.6 is 0 Å². The summed E-state index contributed by atoms with van der Waals surface area (Å²) < 4.78 is 36.4. The zero-order valence-electron chi connectivity index (χ0n) is 5.91. The molecule has 0 aliphatic carbocycles. The third kappa shape index (κ3) is 2.17. The van der Waals surface area contributed by atoms with E-state index in [1.807, 2.05) is 0 Å². The lowest BCUT2D eigenvalue weighted by Gasteiger charge is -2.21. The molecule has 0 spiro atoms. The highest BCUT2D eigenvalue weighted by Crippen LogP contribution is 2.24. The van der Waals surface area contributed by atoms with Gasteiger partial charge in [-0.1, -0.05) is 13.3 Å². The van der Waals surface area contributed by atoms with Gasteiger partial charge in [0, 0.05) is 6.54 Å². The van der Waals surface area contributed by atoms with Gasteiger partial charge in [-0.3, -0.25) is 0 Å². The van der Waals surface area contributed by atoms with Crippen LogP contribution in [0.4, 0.5) is 13.2 Å². The molecule has 0 heterocycles. The molecule has 1 unspecified atom stereocenters. The van der Waals surface area contributed by atoms with Crippen LogP contribution in [0.5, 0.6) is 0 Å². The summed E-state index contributed by atoms with van der Waals surface area (Å²) in [6.45, 7) is 1.05. The number of alkyl halides is 3. The first-order valence-corrected chi connectivity index (χ1v) is 3.24. The van der Waals surface area contributed by atoms with Crippen LogP contribution in [0.15, 0.2) is 0 Å². The summed E-state index contributed by atoms with van der Waals surface area (Å²) in [4.78, 5) is 0. The maximum absolute atomic E-state index is 12.8. The van der Waals surface area contributed by atoms with Gasteiger partial charge in [-0.2, -0.15) is 0 Å². The Morgan fingerprint density at radius 3 is 2.10 bits per heavy atom. The first-order valence-electron chi connectivity index (χ1n) is 3.24. The normalized spacial score (nSPS) is 17.4. The topological polar surface area (TPSA) is 26.0 Å². The van der Waals surface area contributed by atoms with Gasteiger partial charge in [-0.05, 0) is 6.42 Å². The Morgan fingerprint density at radius 1 is 1.50 bits per heavy atom. The molecule has 10 heavy (non-hydrogen) atoms. The van der Waals surface area contributed by atoms with Gasteiger partial charge in [0.2, 0.25) is 0 Å². The fraction of sp³-hybridized carbons (Fsp3) is 1.00. The summed E-state index contributed by atoms with van der Waals surface area (Å²) in [5.74, 6) is 0. The Hall–Kier alpha value is -0.250. The van der Waals surface area contributed by atoms with Crippen LogP contribution in [0.3, 0.4) is 0 Å². The van der Waals surface area contributed by atoms with Crippen molar-refractivity contribution in [2.75, 3.05) is 6.54 Å². The van der Waals surface area contributed by atoms with Crippen molar-refractivity contribution in [3.63, 3.8) is 0 Å². The molecule has 1 nitrogen and oxygen atoms in total. The van der Waals surface area contributed by atoms with Crippen LogP contribution in [0.1, 0.15) is 19.8 Å². The summed E-state index contributed by atoms with van der Waals surface area (Å²) in [5, 5.41) is 0. The predicted octanol–water partition coefficient (Wildman–Crippen LogP) is 1.72. The van der Waals surface area contributed by atoms with Crippen molar-refractivity contribution in [1.29, 1.82) is 0 Å².